The van der Waals surface area contributed by atoms with Crippen molar-refractivity contribution in [1.29, 1.82) is 0 Å². The van der Waals surface area contributed by atoms with Crippen LogP contribution in [0.1, 0.15) is 39.2 Å². The second-order valence-corrected chi connectivity index (χ2v) is 6.54. The number of amides is 2. The summed E-state index contributed by atoms with van der Waals surface area (Å²) in [6.07, 6.45) is 1.86. The summed E-state index contributed by atoms with van der Waals surface area (Å²) >= 11 is 0. The summed E-state index contributed by atoms with van der Waals surface area (Å²) in [5, 5.41) is 5.98. The number of hydrogen-bond donors (Lipinski definition) is 0. The maximum atomic E-state index is 13.2. The van der Waals surface area contributed by atoms with Gasteiger partial charge in [-0.1, -0.05) is 44.2 Å². The third-order valence-corrected chi connectivity index (χ3v) is 4.37. The van der Waals surface area contributed by atoms with E-state index in [-0.39, 0.29) is 6.03 Å². The zero-order chi connectivity index (χ0) is 18.0. The molecule has 0 saturated heterocycles. The van der Waals surface area contributed by atoms with Crippen molar-refractivity contribution in [2.75, 3.05) is 9.91 Å². The molecule has 2 amide bonds. The van der Waals surface area contributed by atoms with Crippen LogP contribution in [0, 0.1) is 0 Å². The molecule has 25 heavy (non-hydrogen) atoms. The average molecular weight is 333 g/mol. The van der Waals surface area contributed by atoms with Crippen LogP contribution in [0.4, 0.5) is 16.2 Å². The summed E-state index contributed by atoms with van der Waals surface area (Å²) in [7, 11) is 0. The van der Waals surface area contributed by atoms with Crippen molar-refractivity contribution in [3.63, 3.8) is 0 Å². The van der Waals surface area contributed by atoms with Crippen LogP contribution in [0.15, 0.2) is 71.5 Å². The molecule has 1 aliphatic rings. The molecular weight excluding hydrogens is 310 g/mol. The second kappa shape index (κ2) is 6.93. The molecule has 0 N–H and O–H groups in total. The highest BCUT2D eigenvalue weighted by Gasteiger charge is 2.26. The van der Waals surface area contributed by atoms with Crippen molar-refractivity contribution in [3.8, 4) is 0 Å². The van der Waals surface area contributed by atoms with E-state index >= 15 is 0 Å². The van der Waals surface area contributed by atoms with Crippen molar-refractivity contribution in [3.05, 3.63) is 71.9 Å². The Labute approximate surface area is 149 Å². The summed E-state index contributed by atoms with van der Waals surface area (Å²) in [6, 6.07) is 17.4. The van der Waals surface area contributed by atoms with Crippen LogP contribution in [-0.2, 0) is 0 Å². The smallest absolute Gasteiger partial charge is 0.268 e. The molecule has 0 bridgehead atoms. The first-order valence-corrected chi connectivity index (χ1v) is 8.49. The molecule has 0 saturated carbocycles. The molecule has 0 fully saturated rings. The molecule has 0 radical (unpaired) electrons. The Morgan fingerprint density at radius 1 is 0.880 bits per heavy atom. The van der Waals surface area contributed by atoms with Gasteiger partial charge in [0.15, 0.2) is 0 Å². The van der Waals surface area contributed by atoms with Crippen molar-refractivity contribution >= 4 is 23.1 Å². The lowest BCUT2D eigenvalue weighted by Gasteiger charge is -2.24. The van der Waals surface area contributed by atoms with E-state index in [1.165, 1.54) is 10.6 Å². The zero-order valence-electron chi connectivity index (χ0n) is 15.1. The topological polar surface area (TPSA) is 35.9 Å². The van der Waals surface area contributed by atoms with Crippen LogP contribution in [0.2, 0.25) is 0 Å². The van der Waals surface area contributed by atoms with Crippen LogP contribution in [0.25, 0.3) is 0 Å². The number of nitrogens with zero attached hydrogens (tertiary/aromatic N) is 3. The fourth-order valence-corrected chi connectivity index (χ4v) is 2.66. The number of urea groups is 1. The highest BCUT2D eigenvalue weighted by Crippen LogP contribution is 2.26. The van der Waals surface area contributed by atoms with E-state index in [0.717, 1.165) is 22.7 Å². The number of para-hydroxylation sites is 1. The maximum absolute atomic E-state index is 13.2. The molecule has 2 aromatic carbocycles. The number of anilines is 2. The molecule has 128 valence electrons. The van der Waals surface area contributed by atoms with E-state index in [4.69, 9.17) is 0 Å². The molecular formula is C21H23N3O. The van der Waals surface area contributed by atoms with Gasteiger partial charge in [-0.15, -0.1) is 0 Å². The van der Waals surface area contributed by atoms with Gasteiger partial charge in [0.25, 0.3) is 0 Å². The van der Waals surface area contributed by atoms with E-state index < -0.39 is 0 Å². The summed E-state index contributed by atoms with van der Waals surface area (Å²) in [6.45, 7) is 8.20. The van der Waals surface area contributed by atoms with E-state index in [1.807, 2.05) is 62.5 Å². The van der Waals surface area contributed by atoms with Crippen LogP contribution >= 0.6 is 0 Å². The molecule has 4 nitrogen and oxygen atoms in total. The minimum atomic E-state index is -0.195. The lowest BCUT2D eigenvalue weighted by atomic mass is 10.0. The molecule has 0 aliphatic carbocycles. The predicted molar refractivity (Wildman–Crippen MR) is 104 cm³/mol. The summed E-state index contributed by atoms with van der Waals surface area (Å²) < 4.78 is 0. The Morgan fingerprint density at radius 2 is 1.52 bits per heavy atom. The zero-order valence-corrected chi connectivity index (χ0v) is 15.1. The van der Waals surface area contributed by atoms with Gasteiger partial charge in [-0.2, -0.15) is 10.1 Å². The Balaban J connectivity index is 2.02. The second-order valence-electron chi connectivity index (χ2n) is 6.54. The first-order valence-electron chi connectivity index (χ1n) is 8.49. The number of carbonyl (C=O) groups is 1. The quantitative estimate of drug-likeness (QED) is 0.727. The van der Waals surface area contributed by atoms with Crippen LogP contribution in [-0.4, -0.2) is 11.7 Å². The standard InChI is InChI=1S/C21H23N3O/c1-15(2)18-10-12-19(13-11-18)23-14-16(3)17(4)22-24(21(23)25)20-8-6-5-7-9-20/h5-15H,1-4H3. The molecule has 2 aromatic rings. The molecule has 4 heteroatoms. The number of hydrogen-bond acceptors (Lipinski definition) is 2. The fourth-order valence-electron chi connectivity index (χ4n) is 2.66. The van der Waals surface area contributed by atoms with Gasteiger partial charge in [0.2, 0.25) is 0 Å². The van der Waals surface area contributed by atoms with Crippen LogP contribution in [0.3, 0.4) is 0 Å². The van der Waals surface area contributed by atoms with Gasteiger partial charge in [-0.25, -0.2) is 4.79 Å². The number of carbonyl (C=O) groups excluding carboxylic acids is 1. The maximum Gasteiger partial charge on any atom is 0.353 e. The Kier molecular flexibility index (Phi) is 4.70. The number of benzene rings is 2. The van der Waals surface area contributed by atoms with Gasteiger partial charge in [0.1, 0.15) is 0 Å². The van der Waals surface area contributed by atoms with Gasteiger partial charge in [0.05, 0.1) is 17.1 Å². The van der Waals surface area contributed by atoms with Crippen molar-refractivity contribution in [2.24, 2.45) is 5.10 Å². The SMILES string of the molecule is CC1=CN(c2ccc(C(C)C)cc2)C(=O)N(c2ccccc2)N=C1C. The third-order valence-electron chi connectivity index (χ3n) is 4.37. The highest BCUT2D eigenvalue weighted by atomic mass is 16.2. The van der Waals surface area contributed by atoms with Gasteiger partial charge >= 0.3 is 6.03 Å². The Hall–Kier alpha value is -2.88. The average Bonchev–Trinajstić information content (AvgIpc) is 2.74. The van der Waals surface area contributed by atoms with Crippen molar-refractivity contribution < 1.29 is 4.79 Å². The van der Waals surface area contributed by atoms with Gasteiger partial charge in [-0.05, 0) is 55.2 Å². The van der Waals surface area contributed by atoms with E-state index in [0.29, 0.717) is 5.92 Å². The normalized spacial score (nSPS) is 15.2. The third kappa shape index (κ3) is 3.48. The summed E-state index contributed by atoms with van der Waals surface area (Å²) in [5.74, 6) is 0.456. The minimum Gasteiger partial charge on any atom is -0.268 e. The molecule has 3 rings (SSSR count). The first-order chi connectivity index (χ1) is 12.0. The molecule has 1 aliphatic heterocycles. The van der Waals surface area contributed by atoms with Crippen molar-refractivity contribution in [1.82, 2.24) is 0 Å². The lowest BCUT2D eigenvalue weighted by molar-refractivity contribution is 0.253. The van der Waals surface area contributed by atoms with E-state index in [1.54, 1.807) is 4.90 Å². The molecule has 0 aromatic heterocycles. The summed E-state index contributed by atoms with van der Waals surface area (Å²) in [4.78, 5) is 14.8. The van der Waals surface area contributed by atoms with E-state index in [9.17, 15) is 4.79 Å². The fraction of sp³-hybridized carbons (Fsp3) is 0.238. The number of allylic oxidation sites excluding steroid dienone is 1. The largest absolute Gasteiger partial charge is 0.353 e. The van der Waals surface area contributed by atoms with Crippen molar-refractivity contribution in [2.45, 2.75) is 33.6 Å². The molecule has 0 atom stereocenters. The number of hydrazone groups is 1. The molecule has 0 unspecified atom stereocenters. The first kappa shape index (κ1) is 17.0. The van der Waals surface area contributed by atoms with E-state index in [2.05, 4.69) is 31.1 Å². The summed E-state index contributed by atoms with van der Waals surface area (Å²) in [5.41, 5.74) is 4.61. The number of rotatable bonds is 3. The van der Waals surface area contributed by atoms with Crippen LogP contribution < -0.4 is 9.91 Å². The molecule has 0 spiro atoms. The monoisotopic (exact) mass is 333 g/mol. The molecule has 1 heterocycles. The lowest BCUT2D eigenvalue weighted by Crippen LogP contribution is -2.37. The van der Waals surface area contributed by atoms with Gasteiger partial charge in [0, 0.05) is 6.20 Å². The minimum absolute atomic E-state index is 0.195. The van der Waals surface area contributed by atoms with Gasteiger partial charge in [-0.3, -0.25) is 4.90 Å². The Bertz CT molecular complexity index is 820. The van der Waals surface area contributed by atoms with Gasteiger partial charge < -0.3 is 0 Å². The highest BCUT2D eigenvalue weighted by molar-refractivity contribution is 6.10. The van der Waals surface area contributed by atoms with Crippen LogP contribution in [0.5, 0.6) is 0 Å². The Morgan fingerprint density at radius 3 is 2.12 bits per heavy atom. The predicted octanol–water partition coefficient (Wildman–Crippen LogP) is 5.54.